The summed E-state index contributed by atoms with van der Waals surface area (Å²) in [6, 6.07) is 12.9. The minimum absolute atomic E-state index is 0.118. The average molecular weight is 356 g/mol. The Morgan fingerprint density at radius 3 is 2.62 bits per heavy atom. The number of aliphatic hydroxyl groups is 1. The molecule has 4 rings (SSSR count). The first-order valence-corrected chi connectivity index (χ1v) is 9.15. The lowest BCUT2D eigenvalue weighted by molar-refractivity contribution is -0.142. The fraction of sp³-hybridized carbons (Fsp3) is 0.455. The summed E-state index contributed by atoms with van der Waals surface area (Å²) in [5, 5.41) is 11.4. The molecule has 1 N–H and O–H groups in total. The number of ether oxygens (including phenoxy) is 2. The number of rotatable bonds is 2. The molecule has 3 atom stereocenters. The smallest absolute Gasteiger partial charge is 0.163 e. The number of fused-ring (bicyclic) bond motifs is 2. The maximum atomic E-state index is 13.9. The molecule has 2 aliphatic rings. The Morgan fingerprint density at radius 1 is 1.12 bits per heavy atom. The highest BCUT2D eigenvalue weighted by Gasteiger charge is 2.45. The molecule has 0 saturated carbocycles. The molecule has 0 radical (unpaired) electrons. The van der Waals surface area contributed by atoms with Gasteiger partial charge in [0.05, 0.1) is 18.8 Å². The van der Waals surface area contributed by atoms with Crippen molar-refractivity contribution in [3.8, 4) is 0 Å². The molecule has 1 fully saturated rings. The van der Waals surface area contributed by atoms with Crippen LogP contribution in [0.25, 0.3) is 0 Å². The summed E-state index contributed by atoms with van der Waals surface area (Å²) < 4.78 is 25.7. The maximum Gasteiger partial charge on any atom is 0.163 e. The summed E-state index contributed by atoms with van der Waals surface area (Å²) in [7, 11) is 0. The van der Waals surface area contributed by atoms with E-state index in [1.807, 2.05) is 32.9 Å². The van der Waals surface area contributed by atoms with E-state index in [0.717, 1.165) is 16.7 Å². The van der Waals surface area contributed by atoms with E-state index in [1.54, 1.807) is 6.07 Å². The van der Waals surface area contributed by atoms with Crippen LogP contribution >= 0.6 is 0 Å². The molecule has 0 aromatic heterocycles. The van der Waals surface area contributed by atoms with Crippen LogP contribution in [-0.2, 0) is 21.3 Å². The van der Waals surface area contributed by atoms with Gasteiger partial charge in [0.2, 0.25) is 0 Å². The number of hydrogen-bond donors (Lipinski definition) is 1. The van der Waals surface area contributed by atoms with Gasteiger partial charge in [0, 0.05) is 5.41 Å². The van der Waals surface area contributed by atoms with Crippen LogP contribution in [-0.4, -0.2) is 23.6 Å². The summed E-state index contributed by atoms with van der Waals surface area (Å²) in [6.07, 6.45) is 0.355. The number of halogens is 1. The first-order chi connectivity index (χ1) is 12.3. The number of aliphatic hydroxyl groups excluding tert-OH is 1. The van der Waals surface area contributed by atoms with Crippen molar-refractivity contribution in [2.45, 2.75) is 57.0 Å². The molecule has 4 heteroatoms. The van der Waals surface area contributed by atoms with Gasteiger partial charge in [-0.3, -0.25) is 0 Å². The molecule has 138 valence electrons. The van der Waals surface area contributed by atoms with E-state index in [2.05, 4.69) is 12.1 Å². The molecule has 0 amide bonds. The number of benzene rings is 2. The molecule has 0 bridgehead atoms. The van der Waals surface area contributed by atoms with Gasteiger partial charge in [-0.15, -0.1) is 0 Å². The quantitative estimate of drug-likeness (QED) is 0.874. The molecule has 1 saturated heterocycles. The SMILES string of the molecule is CC1(C)OC[C@@H](C[C@]2(C)c3ccccc3Cc3ccc(F)cc3[C@@H]2O)O1. The van der Waals surface area contributed by atoms with Crippen LogP contribution < -0.4 is 0 Å². The van der Waals surface area contributed by atoms with Crippen LogP contribution in [0.5, 0.6) is 0 Å². The van der Waals surface area contributed by atoms with Crippen LogP contribution in [0.3, 0.4) is 0 Å². The zero-order valence-corrected chi connectivity index (χ0v) is 15.5. The summed E-state index contributed by atoms with van der Waals surface area (Å²) in [6.45, 7) is 6.34. The second kappa shape index (κ2) is 6.15. The third kappa shape index (κ3) is 2.96. The van der Waals surface area contributed by atoms with Gasteiger partial charge >= 0.3 is 0 Å². The first kappa shape index (κ1) is 17.7. The molecule has 1 aliphatic carbocycles. The standard InChI is InChI=1S/C22H25FO3/c1-21(2)25-13-17(26-21)12-22(3)19-7-5-4-6-15(19)10-14-8-9-16(23)11-18(14)20(22)24/h4-9,11,17,20,24H,10,12-13H2,1-3H3/t17-,20+,22-/m1/s1. The molecular weight excluding hydrogens is 331 g/mol. The van der Waals surface area contributed by atoms with Crippen molar-refractivity contribution in [2.75, 3.05) is 6.61 Å². The van der Waals surface area contributed by atoms with Crippen molar-refractivity contribution < 1.29 is 19.0 Å². The zero-order chi connectivity index (χ0) is 18.5. The van der Waals surface area contributed by atoms with Gasteiger partial charge in [-0.05, 0) is 61.1 Å². The molecule has 1 aliphatic heterocycles. The van der Waals surface area contributed by atoms with Crippen molar-refractivity contribution in [1.82, 2.24) is 0 Å². The molecule has 2 aromatic carbocycles. The highest BCUT2D eigenvalue weighted by atomic mass is 19.1. The molecule has 1 heterocycles. The second-order valence-electron chi connectivity index (χ2n) is 8.15. The highest BCUT2D eigenvalue weighted by Crippen LogP contribution is 2.47. The normalized spacial score (nSPS) is 29.7. The highest BCUT2D eigenvalue weighted by molar-refractivity contribution is 5.47. The summed E-state index contributed by atoms with van der Waals surface area (Å²) in [5.74, 6) is -0.932. The Labute approximate surface area is 153 Å². The minimum atomic E-state index is -0.816. The summed E-state index contributed by atoms with van der Waals surface area (Å²) in [4.78, 5) is 0. The van der Waals surface area contributed by atoms with E-state index < -0.39 is 17.3 Å². The van der Waals surface area contributed by atoms with Crippen molar-refractivity contribution in [2.24, 2.45) is 0 Å². The van der Waals surface area contributed by atoms with Gasteiger partial charge in [-0.25, -0.2) is 4.39 Å². The maximum absolute atomic E-state index is 13.9. The Morgan fingerprint density at radius 2 is 1.88 bits per heavy atom. The van der Waals surface area contributed by atoms with Gasteiger partial charge in [0.15, 0.2) is 5.79 Å². The minimum Gasteiger partial charge on any atom is -0.387 e. The van der Waals surface area contributed by atoms with E-state index in [0.29, 0.717) is 25.0 Å². The van der Waals surface area contributed by atoms with E-state index >= 15 is 0 Å². The van der Waals surface area contributed by atoms with Crippen LogP contribution in [0, 0.1) is 5.82 Å². The van der Waals surface area contributed by atoms with Crippen molar-refractivity contribution in [1.29, 1.82) is 0 Å². The van der Waals surface area contributed by atoms with E-state index in [1.165, 1.54) is 12.1 Å². The Balaban J connectivity index is 1.80. The van der Waals surface area contributed by atoms with Crippen LogP contribution in [0.4, 0.5) is 4.39 Å². The van der Waals surface area contributed by atoms with Gasteiger partial charge in [-0.2, -0.15) is 0 Å². The summed E-state index contributed by atoms with van der Waals surface area (Å²) >= 11 is 0. The van der Waals surface area contributed by atoms with Gasteiger partial charge in [0.1, 0.15) is 5.82 Å². The topological polar surface area (TPSA) is 38.7 Å². The van der Waals surface area contributed by atoms with Crippen LogP contribution in [0.2, 0.25) is 0 Å². The van der Waals surface area contributed by atoms with Crippen molar-refractivity contribution >= 4 is 0 Å². The third-order valence-corrected chi connectivity index (χ3v) is 5.74. The fourth-order valence-electron chi connectivity index (χ4n) is 4.47. The molecule has 0 unspecified atom stereocenters. The van der Waals surface area contributed by atoms with E-state index in [9.17, 15) is 9.50 Å². The molecule has 2 aromatic rings. The van der Waals surface area contributed by atoms with Crippen LogP contribution in [0.1, 0.15) is 55.5 Å². The van der Waals surface area contributed by atoms with E-state index in [4.69, 9.17) is 9.47 Å². The second-order valence-corrected chi connectivity index (χ2v) is 8.15. The Bertz CT molecular complexity index is 832. The molecular formula is C22H25FO3. The molecule has 3 nitrogen and oxygen atoms in total. The fourth-order valence-corrected chi connectivity index (χ4v) is 4.47. The van der Waals surface area contributed by atoms with Gasteiger partial charge in [-0.1, -0.05) is 37.3 Å². The predicted octanol–water partition coefficient (Wildman–Crippen LogP) is 4.26. The Kier molecular flexibility index (Phi) is 4.18. The first-order valence-electron chi connectivity index (χ1n) is 9.15. The van der Waals surface area contributed by atoms with Crippen molar-refractivity contribution in [3.05, 3.63) is 70.5 Å². The largest absolute Gasteiger partial charge is 0.387 e. The third-order valence-electron chi connectivity index (χ3n) is 5.74. The summed E-state index contributed by atoms with van der Waals surface area (Å²) in [5.41, 5.74) is 3.31. The molecule has 0 spiro atoms. The predicted molar refractivity (Wildman–Crippen MR) is 97.5 cm³/mol. The monoisotopic (exact) mass is 356 g/mol. The van der Waals surface area contributed by atoms with Gasteiger partial charge < -0.3 is 14.6 Å². The van der Waals surface area contributed by atoms with E-state index in [-0.39, 0.29) is 11.9 Å². The molecule has 26 heavy (non-hydrogen) atoms. The zero-order valence-electron chi connectivity index (χ0n) is 15.5. The van der Waals surface area contributed by atoms with Gasteiger partial charge in [0.25, 0.3) is 0 Å². The average Bonchev–Trinajstić information content (AvgIpc) is 2.90. The lowest BCUT2D eigenvalue weighted by Gasteiger charge is -2.37. The lowest BCUT2D eigenvalue weighted by Crippen LogP contribution is -2.36. The Hall–Kier alpha value is -1.75. The van der Waals surface area contributed by atoms with Crippen molar-refractivity contribution in [3.63, 3.8) is 0 Å². The number of hydrogen-bond acceptors (Lipinski definition) is 3. The lowest BCUT2D eigenvalue weighted by atomic mass is 9.71. The van der Waals surface area contributed by atoms with Crippen LogP contribution in [0.15, 0.2) is 42.5 Å².